The monoisotopic (exact) mass is 251 g/mol. The van der Waals surface area contributed by atoms with Crippen LogP contribution in [-0.2, 0) is 11.3 Å². The number of carboxylic acids is 1. The summed E-state index contributed by atoms with van der Waals surface area (Å²) in [6, 6.07) is 1.96. The smallest absolute Gasteiger partial charge is 0.309 e. The third kappa shape index (κ3) is 2.75. The molecule has 1 saturated heterocycles. The average molecular weight is 251 g/mol. The maximum atomic E-state index is 11.3. The van der Waals surface area contributed by atoms with E-state index in [1.54, 1.807) is 12.5 Å². The second-order valence-electron chi connectivity index (χ2n) is 5.73. The SMILES string of the molecule is CC(C)(C(=O)O)C1CCCN(Cc2ccoc2)C1. The Morgan fingerprint density at radius 3 is 3.00 bits per heavy atom. The highest BCUT2D eigenvalue weighted by Crippen LogP contribution is 2.34. The van der Waals surface area contributed by atoms with Crippen molar-refractivity contribution in [3.63, 3.8) is 0 Å². The van der Waals surface area contributed by atoms with Crippen molar-refractivity contribution in [1.29, 1.82) is 0 Å². The summed E-state index contributed by atoms with van der Waals surface area (Å²) in [5.74, 6) is -0.478. The summed E-state index contributed by atoms with van der Waals surface area (Å²) in [4.78, 5) is 13.6. The van der Waals surface area contributed by atoms with Gasteiger partial charge in [-0.05, 0) is 45.2 Å². The number of hydrogen-bond donors (Lipinski definition) is 1. The Morgan fingerprint density at radius 2 is 2.39 bits per heavy atom. The van der Waals surface area contributed by atoms with Crippen LogP contribution in [0.15, 0.2) is 23.0 Å². The summed E-state index contributed by atoms with van der Waals surface area (Å²) in [5, 5.41) is 9.30. The lowest BCUT2D eigenvalue weighted by molar-refractivity contribution is -0.151. The summed E-state index contributed by atoms with van der Waals surface area (Å²) in [5.41, 5.74) is 0.512. The molecule has 0 aliphatic carbocycles. The maximum absolute atomic E-state index is 11.3. The molecule has 100 valence electrons. The van der Waals surface area contributed by atoms with Crippen LogP contribution in [0.5, 0.6) is 0 Å². The van der Waals surface area contributed by atoms with Crippen molar-refractivity contribution in [2.45, 2.75) is 33.2 Å². The van der Waals surface area contributed by atoms with Gasteiger partial charge in [0.15, 0.2) is 0 Å². The minimum Gasteiger partial charge on any atom is -0.481 e. The van der Waals surface area contributed by atoms with Crippen molar-refractivity contribution >= 4 is 5.97 Å². The predicted octanol–water partition coefficient (Wildman–Crippen LogP) is 2.60. The number of hydrogen-bond acceptors (Lipinski definition) is 3. The molecule has 0 spiro atoms. The molecule has 2 heterocycles. The van der Waals surface area contributed by atoms with Gasteiger partial charge in [0.2, 0.25) is 0 Å². The van der Waals surface area contributed by atoms with Crippen LogP contribution < -0.4 is 0 Å². The van der Waals surface area contributed by atoms with E-state index in [4.69, 9.17) is 4.42 Å². The van der Waals surface area contributed by atoms with E-state index in [-0.39, 0.29) is 5.92 Å². The fraction of sp³-hybridized carbons (Fsp3) is 0.643. The number of carboxylic acid groups (broad SMARTS) is 1. The lowest BCUT2D eigenvalue weighted by Gasteiger charge is -2.39. The fourth-order valence-corrected chi connectivity index (χ4v) is 2.60. The van der Waals surface area contributed by atoms with E-state index in [1.165, 1.54) is 0 Å². The predicted molar refractivity (Wildman–Crippen MR) is 68.1 cm³/mol. The van der Waals surface area contributed by atoms with E-state index in [9.17, 15) is 9.90 Å². The molecule has 18 heavy (non-hydrogen) atoms. The van der Waals surface area contributed by atoms with Crippen molar-refractivity contribution in [2.24, 2.45) is 11.3 Å². The van der Waals surface area contributed by atoms with Crippen LogP contribution in [0.25, 0.3) is 0 Å². The third-order valence-corrected chi connectivity index (χ3v) is 4.06. The van der Waals surface area contributed by atoms with Gasteiger partial charge in [-0.2, -0.15) is 0 Å². The molecule has 0 bridgehead atoms. The highest BCUT2D eigenvalue weighted by atomic mass is 16.4. The van der Waals surface area contributed by atoms with Gasteiger partial charge in [0.05, 0.1) is 17.9 Å². The normalized spacial score (nSPS) is 22.0. The van der Waals surface area contributed by atoms with E-state index >= 15 is 0 Å². The topological polar surface area (TPSA) is 53.7 Å². The molecule has 0 saturated carbocycles. The molecule has 4 heteroatoms. The van der Waals surface area contributed by atoms with Crippen LogP contribution in [0.4, 0.5) is 0 Å². The number of likely N-dealkylation sites (tertiary alicyclic amines) is 1. The standard InChI is InChI=1S/C14H21NO3/c1-14(2,13(16)17)12-4-3-6-15(9-12)8-11-5-7-18-10-11/h5,7,10,12H,3-4,6,8-9H2,1-2H3,(H,16,17). The van der Waals surface area contributed by atoms with Crippen LogP contribution in [0, 0.1) is 11.3 Å². The lowest BCUT2D eigenvalue weighted by atomic mass is 9.74. The van der Waals surface area contributed by atoms with Crippen molar-refractivity contribution in [1.82, 2.24) is 4.90 Å². The molecule has 4 nitrogen and oxygen atoms in total. The number of rotatable bonds is 4. The highest BCUT2D eigenvalue weighted by Gasteiger charge is 2.38. The Balaban J connectivity index is 1.98. The average Bonchev–Trinajstić information content (AvgIpc) is 2.82. The zero-order valence-corrected chi connectivity index (χ0v) is 11.1. The van der Waals surface area contributed by atoms with Crippen molar-refractivity contribution < 1.29 is 14.3 Å². The number of aliphatic carboxylic acids is 1. The molecule has 1 aromatic rings. The first kappa shape index (κ1) is 13.1. The summed E-state index contributed by atoms with van der Waals surface area (Å²) in [6.45, 7) is 6.41. The molecule has 1 aliphatic heterocycles. The lowest BCUT2D eigenvalue weighted by Crippen LogP contribution is -2.44. The molecule has 1 fully saturated rings. The van der Waals surface area contributed by atoms with Crippen molar-refractivity contribution in [3.05, 3.63) is 24.2 Å². The van der Waals surface area contributed by atoms with Crippen LogP contribution in [0.1, 0.15) is 32.3 Å². The van der Waals surface area contributed by atoms with Gasteiger partial charge in [0.25, 0.3) is 0 Å². The summed E-state index contributed by atoms with van der Waals surface area (Å²) in [6.07, 6.45) is 5.50. The van der Waals surface area contributed by atoms with E-state index < -0.39 is 11.4 Å². The summed E-state index contributed by atoms with van der Waals surface area (Å²) < 4.78 is 5.07. The first-order chi connectivity index (χ1) is 8.50. The van der Waals surface area contributed by atoms with E-state index in [1.807, 2.05) is 19.9 Å². The first-order valence-electron chi connectivity index (χ1n) is 6.47. The molecule has 1 aromatic heterocycles. The molecular formula is C14H21NO3. The number of carbonyl (C=O) groups is 1. The molecule has 1 N–H and O–H groups in total. The Bertz CT molecular complexity index is 397. The zero-order valence-electron chi connectivity index (χ0n) is 11.1. The van der Waals surface area contributed by atoms with E-state index in [0.29, 0.717) is 0 Å². The Hall–Kier alpha value is -1.29. The minimum atomic E-state index is -0.697. The Kier molecular flexibility index (Phi) is 3.76. The number of piperidine rings is 1. The third-order valence-electron chi connectivity index (χ3n) is 4.06. The molecule has 0 radical (unpaired) electrons. The Labute approximate surface area is 108 Å². The highest BCUT2D eigenvalue weighted by molar-refractivity contribution is 5.74. The van der Waals surface area contributed by atoms with Gasteiger partial charge in [0, 0.05) is 18.7 Å². The van der Waals surface area contributed by atoms with Gasteiger partial charge < -0.3 is 9.52 Å². The van der Waals surface area contributed by atoms with E-state index in [0.717, 1.165) is 38.0 Å². The van der Waals surface area contributed by atoms with Crippen LogP contribution in [-0.4, -0.2) is 29.1 Å². The largest absolute Gasteiger partial charge is 0.481 e. The summed E-state index contributed by atoms with van der Waals surface area (Å²) >= 11 is 0. The quantitative estimate of drug-likeness (QED) is 0.893. The first-order valence-corrected chi connectivity index (χ1v) is 6.47. The fourth-order valence-electron chi connectivity index (χ4n) is 2.60. The molecule has 0 aromatic carbocycles. The number of nitrogens with zero attached hydrogens (tertiary/aromatic N) is 1. The van der Waals surface area contributed by atoms with Gasteiger partial charge in [0.1, 0.15) is 0 Å². The molecule has 1 aliphatic rings. The van der Waals surface area contributed by atoms with Crippen LogP contribution in [0.3, 0.4) is 0 Å². The zero-order chi connectivity index (χ0) is 13.2. The Morgan fingerprint density at radius 1 is 1.61 bits per heavy atom. The van der Waals surface area contributed by atoms with Gasteiger partial charge in [-0.25, -0.2) is 0 Å². The molecule has 1 atom stereocenters. The van der Waals surface area contributed by atoms with Gasteiger partial charge in [-0.15, -0.1) is 0 Å². The van der Waals surface area contributed by atoms with Crippen LogP contribution >= 0.6 is 0 Å². The second-order valence-corrected chi connectivity index (χ2v) is 5.73. The van der Waals surface area contributed by atoms with E-state index in [2.05, 4.69) is 4.90 Å². The van der Waals surface area contributed by atoms with Gasteiger partial charge in [-0.3, -0.25) is 9.69 Å². The minimum absolute atomic E-state index is 0.218. The van der Waals surface area contributed by atoms with Gasteiger partial charge in [-0.1, -0.05) is 0 Å². The number of furan rings is 1. The summed E-state index contributed by atoms with van der Waals surface area (Å²) in [7, 11) is 0. The van der Waals surface area contributed by atoms with Crippen molar-refractivity contribution in [2.75, 3.05) is 13.1 Å². The molecule has 0 amide bonds. The molecule has 1 unspecified atom stereocenters. The second kappa shape index (κ2) is 5.14. The van der Waals surface area contributed by atoms with Crippen LogP contribution in [0.2, 0.25) is 0 Å². The maximum Gasteiger partial charge on any atom is 0.309 e. The molecule has 2 rings (SSSR count). The molecular weight excluding hydrogens is 230 g/mol. The van der Waals surface area contributed by atoms with Crippen molar-refractivity contribution in [3.8, 4) is 0 Å². The van der Waals surface area contributed by atoms with Gasteiger partial charge >= 0.3 is 5.97 Å².